The molecule has 0 aromatic rings. The number of allylic oxidation sites excluding steroid dienone is 1. The average molecular weight is 329 g/mol. The van der Waals surface area contributed by atoms with Gasteiger partial charge in [0.25, 0.3) is 0 Å². The molecule has 2 heterocycles. The summed E-state index contributed by atoms with van der Waals surface area (Å²) < 4.78 is 28.0. The first-order valence-electron chi connectivity index (χ1n) is 7.01. The Hall–Kier alpha value is -1.27. The van der Waals surface area contributed by atoms with E-state index in [1.807, 2.05) is 0 Å². The Kier molecular flexibility index (Phi) is 5.34. The molecule has 2 aliphatic heterocycles. The number of amides is 1. The van der Waals surface area contributed by atoms with Crippen molar-refractivity contribution in [2.75, 3.05) is 19.6 Å². The molecular formula is C14H20NO6P. The summed E-state index contributed by atoms with van der Waals surface area (Å²) in [6.07, 6.45) is 3.25. The van der Waals surface area contributed by atoms with Crippen molar-refractivity contribution in [1.82, 2.24) is 4.90 Å². The molecule has 0 bridgehead atoms. The molecule has 0 aliphatic carbocycles. The van der Waals surface area contributed by atoms with Crippen molar-refractivity contribution in [1.29, 1.82) is 0 Å². The Bertz CT molecular complexity index is 570. The number of ketones is 1. The van der Waals surface area contributed by atoms with Gasteiger partial charge in [-0.3, -0.25) is 19.1 Å². The molecule has 1 amide bonds. The summed E-state index contributed by atoms with van der Waals surface area (Å²) in [4.78, 5) is 24.7. The van der Waals surface area contributed by atoms with E-state index in [1.165, 1.54) is 17.8 Å². The van der Waals surface area contributed by atoms with Crippen LogP contribution in [0, 0.1) is 0 Å². The van der Waals surface area contributed by atoms with Gasteiger partial charge in [0, 0.05) is 18.4 Å². The van der Waals surface area contributed by atoms with Gasteiger partial charge in [0.05, 0.1) is 13.0 Å². The van der Waals surface area contributed by atoms with E-state index in [0.717, 1.165) is 0 Å². The average Bonchev–Trinajstić information content (AvgIpc) is 2.89. The number of nitrogens with zero attached hydrogens (tertiary/aromatic N) is 1. The molecule has 0 N–H and O–H groups in total. The lowest BCUT2D eigenvalue weighted by Gasteiger charge is -2.28. The van der Waals surface area contributed by atoms with Crippen molar-refractivity contribution in [2.24, 2.45) is 0 Å². The van der Waals surface area contributed by atoms with Gasteiger partial charge < -0.3 is 14.0 Å². The van der Waals surface area contributed by atoms with E-state index < -0.39 is 19.9 Å². The number of carbonyl (C=O) groups is 2. The molecule has 0 spiro atoms. The molecule has 2 aliphatic rings. The second kappa shape index (κ2) is 6.87. The van der Waals surface area contributed by atoms with Crippen molar-refractivity contribution >= 4 is 19.1 Å². The number of carbonyl (C=O) groups excluding carboxylic acids is 2. The molecule has 0 aromatic heterocycles. The number of hydrogen-bond donors (Lipinski definition) is 0. The smallest absolute Gasteiger partial charge is 0.236 e. The van der Waals surface area contributed by atoms with Crippen LogP contribution in [-0.2, 0) is 28.2 Å². The van der Waals surface area contributed by atoms with Gasteiger partial charge in [0.1, 0.15) is 6.35 Å². The molecule has 22 heavy (non-hydrogen) atoms. The van der Waals surface area contributed by atoms with Crippen LogP contribution in [0.2, 0.25) is 0 Å². The molecule has 3 atom stereocenters. The number of rotatable bonds is 6. The maximum atomic E-state index is 11.9. The third-order valence-corrected chi connectivity index (χ3v) is 4.65. The van der Waals surface area contributed by atoms with E-state index >= 15 is 0 Å². The fourth-order valence-electron chi connectivity index (χ4n) is 2.12. The molecule has 8 heteroatoms. The number of hydrogen-bond acceptors (Lipinski definition) is 6. The van der Waals surface area contributed by atoms with Gasteiger partial charge in [-0.1, -0.05) is 0 Å². The van der Waals surface area contributed by atoms with Gasteiger partial charge in [-0.15, -0.1) is 0 Å². The topological polar surface area (TPSA) is 82.1 Å². The van der Waals surface area contributed by atoms with E-state index in [-0.39, 0.29) is 24.5 Å². The van der Waals surface area contributed by atoms with Gasteiger partial charge in [-0.25, -0.2) is 0 Å². The highest BCUT2D eigenvalue weighted by atomic mass is 31.2. The van der Waals surface area contributed by atoms with Crippen LogP contribution in [0.25, 0.3) is 0 Å². The predicted octanol–water partition coefficient (Wildman–Crippen LogP) is 1.85. The summed E-state index contributed by atoms with van der Waals surface area (Å²) in [7, 11) is -2.80. The lowest BCUT2D eigenvalue weighted by Crippen LogP contribution is -2.40. The first-order chi connectivity index (χ1) is 10.3. The molecule has 0 radical (unpaired) electrons. The summed E-state index contributed by atoms with van der Waals surface area (Å²) in [5.74, 6) is -0.499. The standard InChI is InChI=1S/C14H20NO6P/c1-4-20-22(3,18)9-19-14-6-5-13(21-14)15-8-10(2)11(16)7-12(15)17/h5-6,8,13-14H,4,7,9H2,1-3H3. The second-order valence-electron chi connectivity index (χ2n) is 5.22. The maximum Gasteiger partial charge on any atom is 0.236 e. The highest BCUT2D eigenvalue weighted by Gasteiger charge is 2.32. The fourth-order valence-corrected chi connectivity index (χ4v) is 3.16. The van der Waals surface area contributed by atoms with Crippen LogP contribution in [0.5, 0.6) is 0 Å². The van der Waals surface area contributed by atoms with Crippen molar-refractivity contribution in [3.8, 4) is 0 Å². The molecular weight excluding hydrogens is 309 g/mol. The first-order valence-corrected chi connectivity index (χ1v) is 9.27. The minimum absolute atomic E-state index is 0.0656. The number of ether oxygens (including phenoxy) is 2. The van der Waals surface area contributed by atoms with E-state index in [4.69, 9.17) is 14.0 Å². The summed E-state index contributed by atoms with van der Waals surface area (Å²) in [5.41, 5.74) is 0.510. The lowest BCUT2D eigenvalue weighted by molar-refractivity contribution is -0.158. The highest BCUT2D eigenvalue weighted by Crippen LogP contribution is 2.42. The lowest BCUT2D eigenvalue weighted by atomic mass is 10.1. The van der Waals surface area contributed by atoms with Gasteiger partial charge in [-0.2, -0.15) is 0 Å². The fraction of sp³-hybridized carbons (Fsp3) is 0.571. The maximum absolute atomic E-state index is 11.9. The predicted molar refractivity (Wildman–Crippen MR) is 79.1 cm³/mol. The molecule has 2 rings (SSSR count). The van der Waals surface area contributed by atoms with E-state index in [2.05, 4.69) is 0 Å². The Morgan fingerprint density at radius 3 is 2.82 bits per heavy atom. The third kappa shape index (κ3) is 4.14. The van der Waals surface area contributed by atoms with E-state index in [9.17, 15) is 14.2 Å². The van der Waals surface area contributed by atoms with Gasteiger partial charge >= 0.3 is 0 Å². The Labute approximate surface area is 129 Å². The highest BCUT2D eigenvalue weighted by molar-refractivity contribution is 7.57. The van der Waals surface area contributed by atoms with Gasteiger partial charge in [-0.05, 0) is 26.0 Å². The molecule has 7 nitrogen and oxygen atoms in total. The zero-order chi connectivity index (χ0) is 16.3. The minimum atomic E-state index is -2.80. The van der Waals surface area contributed by atoms with Crippen LogP contribution in [0.3, 0.4) is 0 Å². The summed E-state index contributed by atoms with van der Waals surface area (Å²) >= 11 is 0. The Balaban J connectivity index is 1.91. The van der Waals surface area contributed by atoms with Gasteiger partial charge in [0.2, 0.25) is 13.3 Å². The van der Waals surface area contributed by atoms with Crippen molar-refractivity contribution in [3.63, 3.8) is 0 Å². The second-order valence-corrected chi connectivity index (χ2v) is 7.77. The van der Waals surface area contributed by atoms with Crippen LogP contribution < -0.4 is 0 Å². The quantitative estimate of drug-likeness (QED) is 0.420. The van der Waals surface area contributed by atoms with Crippen molar-refractivity contribution in [3.05, 3.63) is 23.9 Å². The largest absolute Gasteiger partial charge is 0.339 e. The molecule has 0 fully saturated rings. The molecule has 3 unspecified atom stereocenters. The molecule has 0 saturated heterocycles. The molecule has 122 valence electrons. The first kappa shape index (κ1) is 17.1. The SMILES string of the molecule is CCOP(C)(=O)COC1C=CC(N2C=C(C)C(=O)CC2=O)O1. The van der Waals surface area contributed by atoms with Crippen LogP contribution in [0.1, 0.15) is 20.3 Å². The van der Waals surface area contributed by atoms with E-state index in [1.54, 1.807) is 26.0 Å². The van der Waals surface area contributed by atoms with Crippen LogP contribution >= 0.6 is 7.37 Å². The Morgan fingerprint density at radius 2 is 2.14 bits per heavy atom. The third-order valence-electron chi connectivity index (χ3n) is 3.23. The van der Waals surface area contributed by atoms with Crippen LogP contribution in [0.4, 0.5) is 0 Å². The van der Waals surface area contributed by atoms with Crippen molar-refractivity contribution < 1.29 is 28.2 Å². The summed E-state index contributed by atoms with van der Waals surface area (Å²) in [6.45, 7) is 5.26. The van der Waals surface area contributed by atoms with Crippen LogP contribution in [-0.4, -0.2) is 48.7 Å². The summed E-state index contributed by atoms with van der Waals surface area (Å²) in [6, 6.07) is 0. The Morgan fingerprint density at radius 1 is 1.41 bits per heavy atom. The zero-order valence-corrected chi connectivity index (χ0v) is 13.7. The van der Waals surface area contributed by atoms with Gasteiger partial charge in [0.15, 0.2) is 18.3 Å². The monoisotopic (exact) mass is 329 g/mol. The number of Topliss-reactive ketones (excluding diaryl/α,β-unsaturated/α-hetero) is 1. The molecule has 0 saturated carbocycles. The molecule has 0 aromatic carbocycles. The van der Waals surface area contributed by atoms with E-state index in [0.29, 0.717) is 12.2 Å². The van der Waals surface area contributed by atoms with Crippen molar-refractivity contribution in [2.45, 2.75) is 32.8 Å². The minimum Gasteiger partial charge on any atom is -0.339 e. The van der Waals surface area contributed by atoms with Crippen LogP contribution in [0.15, 0.2) is 23.9 Å². The normalized spacial score (nSPS) is 28.0. The zero-order valence-electron chi connectivity index (χ0n) is 12.9. The summed E-state index contributed by atoms with van der Waals surface area (Å²) in [5, 5.41) is 0.